The number of nitrogens with zero attached hydrogens (tertiary/aromatic N) is 3. The average Bonchev–Trinajstić information content (AvgIpc) is 2.99. The van der Waals surface area contributed by atoms with E-state index in [2.05, 4.69) is 28.2 Å². The van der Waals surface area contributed by atoms with E-state index in [1.807, 2.05) is 48.3 Å². The maximum absolute atomic E-state index is 12.9. The summed E-state index contributed by atoms with van der Waals surface area (Å²) >= 11 is 0. The molecule has 0 saturated heterocycles. The topological polar surface area (TPSA) is 52.2 Å². The summed E-state index contributed by atoms with van der Waals surface area (Å²) in [6.07, 6.45) is 4.50. The van der Waals surface area contributed by atoms with Crippen molar-refractivity contribution in [1.82, 2.24) is 19.8 Å². The number of hydrogen-bond acceptors (Lipinski definition) is 3. The number of likely N-dealkylation sites (N-methyl/N-ethyl adjacent to an activating group) is 1. The van der Waals surface area contributed by atoms with Gasteiger partial charge in [-0.25, -0.2) is 0 Å². The van der Waals surface area contributed by atoms with Gasteiger partial charge in [-0.2, -0.15) is 0 Å². The predicted octanol–water partition coefficient (Wildman–Crippen LogP) is 2.60. The summed E-state index contributed by atoms with van der Waals surface area (Å²) < 4.78 is 0. The van der Waals surface area contributed by atoms with E-state index in [1.54, 1.807) is 6.20 Å². The van der Waals surface area contributed by atoms with Gasteiger partial charge in [-0.15, -0.1) is 0 Å². The molecule has 25 heavy (non-hydrogen) atoms. The van der Waals surface area contributed by atoms with Gasteiger partial charge in [-0.05, 0) is 43.8 Å². The van der Waals surface area contributed by atoms with Crippen LogP contribution in [-0.2, 0) is 11.2 Å². The van der Waals surface area contributed by atoms with Crippen molar-refractivity contribution in [1.29, 1.82) is 0 Å². The number of H-pyrrole nitrogens is 1. The molecular formula is C20H22N4O. The predicted molar refractivity (Wildman–Crippen MR) is 98.3 cm³/mol. The molecule has 3 aromatic rings. The number of rotatable bonds is 3. The zero-order valence-corrected chi connectivity index (χ0v) is 14.6. The molecule has 0 radical (unpaired) electrons. The Morgan fingerprint density at radius 3 is 2.88 bits per heavy atom. The smallest absolute Gasteiger partial charge is 0.237 e. The number of nitrogens with one attached hydrogen (secondary N) is 1. The Hall–Kier alpha value is -2.66. The van der Waals surface area contributed by atoms with E-state index in [0.29, 0.717) is 6.54 Å². The second kappa shape index (κ2) is 6.33. The third kappa shape index (κ3) is 2.81. The lowest BCUT2D eigenvalue weighted by molar-refractivity contribution is -0.134. The Bertz CT molecular complexity index is 900. The van der Waals surface area contributed by atoms with E-state index in [0.717, 1.165) is 29.7 Å². The normalized spacial score (nSPS) is 17.1. The van der Waals surface area contributed by atoms with Gasteiger partial charge >= 0.3 is 0 Å². The van der Waals surface area contributed by atoms with Crippen LogP contribution in [-0.4, -0.2) is 52.9 Å². The average molecular weight is 334 g/mol. The summed E-state index contributed by atoms with van der Waals surface area (Å²) in [4.78, 5) is 24.6. The Morgan fingerprint density at radius 2 is 2.12 bits per heavy atom. The standard InChI is InChI=1S/C20H22N4O/c1-23(2)13-18(25)24-11-9-16-15-7-3-4-8-17(15)22-19(16)20(24)14-6-5-10-21-12-14/h3-8,10,12,20,22H,9,11,13H2,1-2H3. The van der Waals surface area contributed by atoms with Gasteiger partial charge in [0.05, 0.1) is 12.6 Å². The summed E-state index contributed by atoms with van der Waals surface area (Å²) in [6.45, 7) is 1.13. The van der Waals surface area contributed by atoms with Crippen molar-refractivity contribution in [3.63, 3.8) is 0 Å². The van der Waals surface area contributed by atoms with Gasteiger partial charge in [0.25, 0.3) is 0 Å². The minimum absolute atomic E-state index is 0.114. The molecule has 1 amide bonds. The summed E-state index contributed by atoms with van der Waals surface area (Å²) in [6, 6.07) is 12.2. The first-order chi connectivity index (χ1) is 12.1. The molecule has 0 aliphatic carbocycles. The lowest BCUT2D eigenvalue weighted by atomic mass is 9.93. The molecule has 0 saturated carbocycles. The van der Waals surface area contributed by atoms with Crippen LogP contribution in [0.3, 0.4) is 0 Å². The van der Waals surface area contributed by atoms with Crippen molar-refractivity contribution < 1.29 is 4.79 Å². The SMILES string of the molecule is CN(C)CC(=O)N1CCc2c([nH]c3ccccc23)C1c1cccnc1. The second-order valence-electron chi connectivity index (χ2n) is 6.83. The van der Waals surface area contributed by atoms with E-state index >= 15 is 0 Å². The van der Waals surface area contributed by atoms with E-state index in [4.69, 9.17) is 0 Å². The van der Waals surface area contributed by atoms with Gasteiger partial charge in [0, 0.05) is 35.5 Å². The monoisotopic (exact) mass is 334 g/mol. The molecule has 1 aromatic carbocycles. The minimum atomic E-state index is -0.114. The fourth-order valence-corrected chi connectivity index (χ4v) is 3.76. The summed E-state index contributed by atoms with van der Waals surface area (Å²) in [5.74, 6) is 0.142. The van der Waals surface area contributed by atoms with Crippen molar-refractivity contribution in [2.45, 2.75) is 12.5 Å². The molecule has 1 aliphatic heterocycles. The molecule has 0 spiro atoms. The van der Waals surface area contributed by atoms with E-state index in [-0.39, 0.29) is 11.9 Å². The Balaban J connectivity index is 1.84. The van der Waals surface area contributed by atoms with Crippen molar-refractivity contribution in [2.24, 2.45) is 0 Å². The molecule has 0 bridgehead atoms. The molecule has 1 aliphatic rings. The van der Waals surface area contributed by atoms with E-state index in [9.17, 15) is 4.79 Å². The van der Waals surface area contributed by atoms with Crippen molar-refractivity contribution in [3.8, 4) is 0 Å². The Labute approximate surface area is 147 Å². The lowest BCUT2D eigenvalue weighted by Crippen LogP contribution is -2.44. The molecule has 3 heterocycles. The van der Waals surface area contributed by atoms with E-state index < -0.39 is 0 Å². The van der Waals surface area contributed by atoms with Crippen molar-refractivity contribution in [2.75, 3.05) is 27.2 Å². The molecule has 1 unspecified atom stereocenters. The van der Waals surface area contributed by atoms with Gasteiger partial charge in [0.15, 0.2) is 0 Å². The molecular weight excluding hydrogens is 312 g/mol. The van der Waals surface area contributed by atoms with Gasteiger partial charge in [0.1, 0.15) is 0 Å². The highest BCUT2D eigenvalue weighted by Gasteiger charge is 2.34. The largest absolute Gasteiger partial charge is 0.356 e. The van der Waals surface area contributed by atoms with Gasteiger partial charge in [-0.3, -0.25) is 9.78 Å². The molecule has 2 aromatic heterocycles. The summed E-state index contributed by atoms with van der Waals surface area (Å²) in [7, 11) is 3.85. The van der Waals surface area contributed by atoms with Crippen molar-refractivity contribution in [3.05, 3.63) is 65.6 Å². The Kier molecular flexibility index (Phi) is 4.01. The number of para-hydroxylation sites is 1. The zero-order chi connectivity index (χ0) is 17.4. The number of amides is 1. The molecule has 5 nitrogen and oxygen atoms in total. The molecule has 128 valence electrons. The van der Waals surface area contributed by atoms with Crippen LogP contribution in [0.1, 0.15) is 22.9 Å². The fraction of sp³-hybridized carbons (Fsp3) is 0.300. The third-order valence-electron chi connectivity index (χ3n) is 4.81. The van der Waals surface area contributed by atoms with Gasteiger partial charge in [0.2, 0.25) is 5.91 Å². The van der Waals surface area contributed by atoms with Gasteiger partial charge < -0.3 is 14.8 Å². The quantitative estimate of drug-likeness (QED) is 0.801. The number of fused-ring (bicyclic) bond motifs is 3. The highest BCUT2D eigenvalue weighted by Crippen LogP contribution is 2.38. The number of pyridine rings is 1. The van der Waals surface area contributed by atoms with Crippen LogP contribution >= 0.6 is 0 Å². The first-order valence-electron chi connectivity index (χ1n) is 8.59. The van der Waals surface area contributed by atoms with Crippen LogP contribution < -0.4 is 0 Å². The zero-order valence-electron chi connectivity index (χ0n) is 14.6. The number of carbonyl (C=O) groups excluding carboxylic acids is 1. The Morgan fingerprint density at radius 1 is 1.28 bits per heavy atom. The minimum Gasteiger partial charge on any atom is -0.356 e. The van der Waals surface area contributed by atoms with Gasteiger partial charge in [-0.1, -0.05) is 24.3 Å². The van der Waals surface area contributed by atoms with Crippen LogP contribution in [0.15, 0.2) is 48.8 Å². The number of aromatic nitrogens is 2. The molecule has 4 rings (SSSR count). The highest BCUT2D eigenvalue weighted by atomic mass is 16.2. The van der Waals surface area contributed by atoms with E-state index in [1.165, 1.54) is 10.9 Å². The summed E-state index contributed by atoms with van der Waals surface area (Å²) in [5, 5.41) is 1.26. The molecule has 0 fully saturated rings. The summed E-state index contributed by atoms with van der Waals surface area (Å²) in [5.41, 5.74) is 4.61. The first-order valence-corrected chi connectivity index (χ1v) is 8.59. The number of carbonyl (C=O) groups is 1. The van der Waals surface area contributed by atoms with Crippen LogP contribution in [0.4, 0.5) is 0 Å². The first kappa shape index (κ1) is 15.8. The maximum Gasteiger partial charge on any atom is 0.237 e. The third-order valence-corrected chi connectivity index (χ3v) is 4.81. The maximum atomic E-state index is 12.9. The lowest BCUT2D eigenvalue weighted by Gasteiger charge is -2.36. The molecule has 1 N–H and O–H groups in total. The van der Waals surface area contributed by atoms with Crippen LogP contribution in [0.25, 0.3) is 10.9 Å². The fourth-order valence-electron chi connectivity index (χ4n) is 3.76. The molecule has 1 atom stereocenters. The molecule has 5 heteroatoms. The number of hydrogen-bond donors (Lipinski definition) is 1. The van der Waals surface area contributed by atoms with Crippen LogP contribution in [0, 0.1) is 0 Å². The van der Waals surface area contributed by atoms with Crippen LogP contribution in [0.2, 0.25) is 0 Å². The van der Waals surface area contributed by atoms with Crippen LogP contribution in [0.5, 0.6) is 0 Å². The highest BCUT2D eigenvalue weighted by molar-refractivity contribution is 5.87. The number of benzene rings is 1. The number of aromatic amines is 1. The van der Waals surface area contributed by atoms with Crippen molar-refractivity contribution >= 4 is 16.8 Å². The second-order valence-corrected chi connectivity index (χ2v) is 6.83.